The fourth-order valence-electron chi connectivity index (χ4n) is 2.27. The quantitative estimate of drug-likeness (QED) is 0.788. The van der Waals surface area contributed by atoms with Crippen LogP contribution in [0.4, 0.5) is 0 Å². The van der Waals surface area contributed by atoms with E-state index < -0.39 is 0 Å². The number of hydrogen-bond donors (Lipinski definition) is 0. The van der Waals surface area contributed by atoms with Crippen LogP contribution in [0.2, 0.25) is 5.02 Å². The number of benzene rings is 1. The molecule has 1 amide bonds. The van der Waals surface area contributed by atoms with Gasteiger partial charge in [-0.1, -0.05) is 11.6 Å². The Hall–Kier alpha value is -0.700. The second kappa shape index (κ2) is 6.38. The number of carbonyl (C=O) groups excluding carboxylic acids is 1. The Morgan fingerprint density at radius 2 is 2.15 bits per heavy atom. The summed E-state index contributed by atoms with van der Waals surface area (Å²) in [6, 6.07) is 7.55. The van der Waals surface area contributed by atoms with E-state index in [1.807, 2.05) is 6.26 Å². The number of rotatable bonds is 2. The Bertz CT molecular complexity index is 565. The Morgan fingerprint density at radius 1 is 1.50 bits per heavy atom. The number of likely N-dealkylation sites (tertiary alicyclic amines) is 1. The zero-order valence-electron chi connectivity index (χ0n) is 11.0. The molecule has 106 valence electrons. The van der Waals surface area contributed by atoms with Gasteiger partial charge in [0.2, 0.25) is 0 Å². The molecular weight excluding hydrogens is 360 g/mol. The van der Waals surface area contributed by atoms with Crippen LogP contribution in [0.1, 0.15) is 23.2 Å². The van der Waals surface area contributed by atoms with E-state index in [4.69, 9.17) is 11.6 Å². The van der Waals surface area contributed by atoms with Crippen molar-refractivity contribution in [2.75, 3.05) is 19.3 Å². The van der Waals surface area contributed by atoms with Crippen molar-refractivity contribution in [3.05, 3.63) is 33.3 Å². The Kier molecular flexibility index (Phi) is 5.00. The zero-order chi connectivity index (χ0) is 14.8. The van der Waals surface area contributed by atoms with Gasteiger partial charge in [0.05, 0.1) is 11.6 Å². The molecule has 0 unspecified atom stereocenters. The lowest BCUT2D eigenvalue weighted by molar-refractivity contribution is 0.0715. The first-order valence-corrected chi connectivity index (χ1v) is 8.61. The first-order valence-electron chi connectivity index (χ1n) is 6.22. The van der Waals surface area contributed by atoms with Crippen LogP contribution in [0, 0.1) is 11.3 Å². The third-order valence-corrected chi connectivity index (χ3v) is 5.79. The molecular formula is C14H14BrClN2OS. The van der Waals surface area contributed by atoms with Crippen LogP contribution in [0.3, 0.4) is 0 Å². The molecule has 0 N–H and O–H groups in total. The number of piperidine rings is 1. The van der Waals surface area contributed by atoms with Gasteiger partial charge in [0.15, 0.2) is 0 Å². The highest BCUT2D eigenvalue weighted by atomic mass is 79.9. The summed E-state index contributed by atoms with van der Waals surface area (Å²) in [5, 5.41) is 9.86. The number of nitrogens with zero attached hydrogens (tertiary/aromatic N) is 2. The van der Waals surface area contributed by atoms with Crippen LogP contribution >= 0.6 is 39.3 Å². The van der Waals surface area contributed by atoms with Gasteiger partial charge >= 0.3 is 0 Å². The Balaban J connectivity index is 2.11. The molecule has 1 fully saturated rings. The van der Waals surface area contributed by atoms with Crippen molar-refractivity contribution in [3.8, 4) is 6.07 Å². The van der Waals surface area contributed by atoms with Crippen molar-refractivity contribution >= 4 is 45.2 Å². The van der Waals surface area contributed by atoms with Crippen molar-refractivity contribution in [2.24, 2.45) is 0 Å². The van der Waals surface area contributed by atoms with E-state index in [1.165, 1.54) is 0 Å². The smallest absolute Gasteiger partial charge is 0.255 e. The van der Waals surface area contributed by atoms with Gasteiger partial charge in [-0.25, -0.2) is 0 Å². The fourth-order valence-corrected chi connectivity index (χ4v) is 3.80. The van der Waals surface area contributed by atoms with Crippen LogP contribution in [0.5, 0.6) is 0 Å². The summed E-state index contributed by atoms with van der Waals surface area (Å²) in [6.07, 6.45) is 3.37. The van der Waals surface area contributed by atoms with Crippen molar-refractivity contribution in [3.63, 3.8) is 0 Å². The molecule has 1 aliphatic rings. The highest BCUT2D eigenvalue weighted by molar-refractivity contribution is 9.10. The SMILES string of the molecule is CSC1(C#N)CCN(C(=O)c2ccc(Cl)cc2Br)CC1. The lowest BCUT2D eigenvalue weighted by Gasteiger charge is -2.36. The van der Waals surface area contributed by atoms with Gasteiger partial charge in [-0.05, 0) is 53.2 Å². The molecule has 0 bridgehead atoms. The number of nitriles is 1. The number of hydrogen-bond acceptors (Lipinski definition) is 3. The molecule has 1 aliphatic heterocycles. The predicted molar refractivity (Wildman–Crippen MR) is 86.1 cm³/mol. The highest BCUT2D eigenvalue weighted by Gasteiger charge is 2.35. The molecule has 1 aromatic carbocycles. The Labute approximate surface area is 136 Å². The monoisotopic (exact) mass is 372 g/mol. The van der Waals surface area contributed by atoms with Crippen LogP contribution in [0.25, 0.3) is 0 Å². The summed E-state index contributed by atoms with van der Waals surface area (Å²) >= 11 is 10.8. The molecule has 1 heterocycles. The maximum Gasteiger partial charge on any atom is 0.255 e. The third-order valence-electron chi connectivity index (χ3n) is 3.61. The molecule has 1 saturated heterocycles. The molecule has 0 radical (unpaired) electrons. The highest BCUT2D eigenvalue weighted by Crippen LogP contribution is 2.34. The number of thioether (sulfide) groups is 1. The van der Waals surface area contributed by atoms with Crippen molar-refractivity contribution < 1.29 is 4.79 Å². The normalized spacial score (nSPS) is 17.6. The first-order chi connectivity index (χ1) is 9.51. The number of amides is 1. The minimum Gasteiger partial charge on any atom is -0.338 e. The van der Waals surface area contributed by atoms with E-state index in [1.54, 1.807) is 34.9 Å². The summed E-state index contributed by atoms with van der Waals surface area (Å²) in [5.41, 5.74) is 0.614. The molecule has 0 aromatic heterocycles. The molecule has 0 saturated carbocycles. The summed E-state index contributed by atoms with van der Waals surface area (Å²) in [4.78, 5) is 14.3. The van der Waals surface area contributed by atoms with Crippen LogP contribution in [-0.2, 0) is 0 Å². The first kappa shape index (κ1) is 15.7. The Morgan fingerprint density at radius 3 is 2.65 bits per heavy atom. The summed E-state index contributed by atoms with van der Waals surface area (Å²) in [5.74, 6) is -0.0128. The van der Waals surface area contributed by atoms with Gasteiger partial charge in [-0.3, -0.25) is 4.79 Å². The second-order valence-electron chi connectivity index (χ2n) is 4.73. The lowest BCUT2D eigenvalue weighted by Crippen LogP contribution is -2.44. The van der Waals surface area contributed by atoms with E-state index in [0.717, 1.165) is 0 Å². The largest absolute Gasteiger partial charge is 0.338 e. The van der Waals surface area contributed by atoms with Crippen LogP contribution in [0.15, 0.2) is 22.7 Å². The summed E-state index contributed by atoms with van der Waals surface area (Å²) in [7, 11) is 0. The van der Waals surface area contributed by atoms with Gasteiger partial charge in [0.1, 0.15) is 4.75 Å². The fraction of sp³-hybridized carbons (Fsp3) is 0.429. The summed E-state index contributed by atoms with van der Waals surface area (Å²) in [6.45, 7) is 1.23. The lowest BCUT2D eigenvalue weighted by atomic mass is 9.96. The van der Waals surface area contributed by atoms with Crippen LogP contribution < -0.4 is 0 Å². The van der Waals surface area contributed by atoms with E-state index in [9.17, 15) is 10.1 Å². The van der Waals surface area contributed by atoms with Crippen molar-refractivity contribution in [1.29, 1.82) is 5.26 Å². The molecule has 0 aliphatic carbocycles. The average molecular weight is 374 g/mol. The molecule has 3 nitrogen and oxygen atoms in total. The number of carbonyl (C=O) groups is 1. The van der Waals surface area contributed by atoms with E-state index in [-0.39, 0.29) is 10.7 Å². The average Bonchev–Trinajstić information content (AvgIpc) is 2.47. The van der Waals surface area contributed by atoms with Crippen molar-refractivity contribution in [2.45, 2.75) is 17.6 Å². The molecule has 2 rings (SSSR count). The van der Waals surface area contributed by atoms with E-state index in [0.29, 0.717) is 41.0 Å². The minimum atomic E-state index is -0.339. The second-order valence-corrected chi connectivity index (χ2v) is 7.21. The number of halogens is 2. The van der Waals surface area contributed by atoms with Gasteiger partial charge in [0.25, 0.3) is 5.91 Å². The van der Waals surface area contributed by atoms with Gasteiger partial charge < -0.3 is 4.90 Å². The van der Waals surface area contributed by atoms with Crippen molar-refractivity contribution in [1.82, 2.24) is 4.90 Å². The predicted octanol–water partition coefficient (Wildman–Crippen LogP) is 3.96. The molecule has 1 aromatic rings. The van der Waals surface area contributed by atoms with Gasteiger partial charge in [-0.15, -0.1) is 11.8 Å². The molecule has 0 spiro atoms. The van der Waals surface area contributed by atoms with Gasteiger partial charge in [0, 0.05) is 22.6 Å². The molecule has 20 heavy (non-hydrogen) atoms. The zero-order valence-corrected chi connectivity index (χ0v) is 14.2. The van der Waals surface area contributed by atoms with E-state index >= 15 is 0 Å². The third kappa shape index (κ3) is 3.13. The van der Waals surface area contributed by atoms with Crippen LogP contribution in [-0.4, -0.2) is 34.9 Å². The maximum absolute atomic E-state index is 12.5. The van der Waals surface area contributed by atoms with E-state index in [2.05, 4.69) is 22.0 Å². The molecule has 6 heteroatoms. The topological polar surface area (TPSA) is 44.1 Å². The minimum absolute atomic E-state index is 0.0128. The standard InChI is InChI=1S/C14H14BrClN2OS/c1-20-14(9-17)4-6-18(7-5-14)13(19)11-3-2-10(16)8-12(11)15/h2-3,8H,4-7H2,1H3. The maximum atomic E-state index is 12.5. The summed E-state index contributed by atoms with van der Waals surface area (Å²) < 4.78 is 0.366. The van der Waals surface area contributed by atoms with Gasteiger partial charge in [-0.2, -0.15) is 5.26 Å². The molecule has 0 atom stereocenters.